The van der Waals surface area contributed by atoms with E-state index in [1.165, 1.54) is 30.3 Å². The van der Waals surface area contributed by atoms with Crippen LogP contribution in [0.15, 0.2) is 81.1 Å². The molecule has 0 heterocycles. The van der Waals surface area contributed by atoms with Crippen molar-refractivity contribution in [2.45, 2.75) is 43.3 Å². The standard InChI is InChI=1S/C24H29NO4S2Si/c1-6-11-24(30(26,27)22-12-8-7-9-13-22)20-25(18-10-19-32(3,4)5)31(28,29)23-16-14-21(2)15-17-23/h6-9,12-17H,18,20H2,1-5H3. The molecule has 2 aromatic carbocycles. The Hall–Kier alpha value is -2.40. The molecular formula is C24H29NO4S2Si. The Balaban J connectivity index is 2.56. The minimum atomic E-state index is -3.98. The molecule has 0 aliphatic rings. The van der Waals surface area contributed by atoms with Crippen LogP contribution in [0.4, 0.5) is 0 Å². The summed E-state index contributed by atoms with van der Waals surface area (Å²) in [5.41, 5.74) is 6.83. The molecule has 170 valence electrons. The molecule has 0 aliphatic heterocycles. The molecule has 0 spiro atoms. The predicted molar refractivity (Wildman–Crippen MR) is 132 cm³/mol. The van der Waals surface area contributed by atoms with Crippen LogP contribution in [0.25, 0.3) is 0 Å². The second kappa shape index (κ2) is 10.5. The Morgan fingerprint density at radius 1 is 0.938 bits per heavy atom. The van der Waals surface area contributed by atoms with Gasteiger partial charge in [0.1, 0.15) is 13.0 Å². The molecule has 0 aromatic heterocycles. The first-order valence-corrected chi connectivity index (χ1v) is 16.6. The van der Waals surface area contributed by atoms with Gasteiger partial charge in [-0.05, 0) is 44.2 Å². The molecular weight excluding hydrogens is 458 g/mol. The predicted octanol–water partition coefficient (Wildman–Crippen LogP) is 4.40. The van der Waals surface area contributed by atoms with E-state index in [-0.39, 0.29) is 27.8 Å². The molecule has 5 nitrogen and oxygen atoms in total. The van der Waals surface area contributed by atoms with Crippen molar-refractivity contribution in [1.29, 1.82) is 0 Å². The van der Waals surface area contributed by atoms with E-state index in [9.17, 15) is 16.8 Å². The van der Waals surface area contributed by atoms with Crippen molar-refractivity contribution in [3.63, 3.8) is 0 Å². The van der Waals surface area contributed by atoms with Gasteiger partial charge in [-0.2, -0.15) is 4.31 Å². The highest BCUT2D eigenvalue weighted by molar-refractivity contribution is 7.95. The van der Waals surface area contributed by atoms with Crippen LogP contribution in [0.5, 0.6) is 0 Å². The van der Waals surface area contributed by atoms with Crippen LogP contribution in [0.2, 0.25) is 19.6 Å². The van der Waals surface area contributed by atoms with Crippen molar-refractivity contribution in [1.82, 2.24) is 4.31 Å². The number of benzene rings is 2. The Morgan fingerprint density at radius 2 is 1.53 bits per heavy atom. The van der Waals surface area contributed by atoms with E-state index in [1.54, 1.807) is 37.3 Å². The Labute approximate surface area is 193 Å². The van der Waals surface area contributed by atoms with Gasteiger partial charge >= 0.3 is 0 Å². The number of nitrogens with zero attached hydrogens (tertiary/aromatic N) is 1. The van der Waals surface area contributed by atoms with Gasteiger partial charge in [-0.25, -0.2) is 16.8 Å². The molecule has 0 N–H and O–H groups in total. The molecule has 0 unspecified atom stereocenters. The third-order valence-electron chi connectivity index (χ3n) is 4.38. The number of sulfonamides is 1. The second-order valence-corrected chi connectivity index (χ2v) is 17.0. The average molecular weight is 488 g/mol. The third kappa shape index (κ3) is 6.80. The summed E-state index contributed by atoms with van der Waals surface area (Å²) in [5, 5.41) is 0. The largest absolute Gasteiger partial charge is 0.244 e. The van der Waals surface area contributed by atoms with Crippen LogP contribution < -0.4 is 0 Å². The van der Waals surface area contributed by atoms with E-state index in [2.05, 4.69) is 36.8 Å². The maximum Gasteiger partial charge on any atom is 0.244 e. The van der Waals surface area contributed by atoms with E-state index in [0.29, 0.717) is 0 Å². The lowest BCUT2D eigenvalue weighted by Gasteiger charge is -2.21. The zero-order valence-electron chi connectivity index (χ0n) is 19.1. The molecule has 0 amide bonds. The van der Waals surface area contributed by atoms with Crippen molar-refractivity contribution >= 4 is 27.9 Å². The smallest absolute Gasteiger partial charge is 0.218 e. The molecule has 8 heteroatoms. The maximum absolute atomic E-state index is 13.4. The lowest BCUT2D eigenvalue weighted by Crippen LogP contribution is -2.35. The molecule has 2 rings (SSSR count). The zero-order valence-corrected chi connectivity index (χ0v) is 21.7. The zero-order chi connectivity index (χ0) is 24.0. The first-order valence-electron chi connectivity index (χ1n) is 10.1. The lowest BCUT2D eigenvalue weighted by molar-refractivity contribution is 0.474. The van der Waals surface area contributed by atoms with Crippen LogP contribution in [0.3, 0.4) is 0 Å². The summed E-state index contributed by atoms with van der Waals surface area (Å²) in [6.45, 7) is 9.21. The fourth-order valence-corrected chi connectivity index (χ4v) is 6.15. The van der Waals surface area contributed by atoms with Crippen LogP contribution in [-0.2, 0) is 19.9 Å². The molecule has 0 fully saturated rings. The van der Waals surface area contributed by atoms with Crippen molar-refractivity contribution in [3.05, 3.63) is 76.9 Å². The Morgan fingerprint density at radius 3 is 2.06 bits per heavy atom. The number of aryl methyl sites for hydroxylation is 1. The first-order chi connectivity index (χ1) is 14.9. The Kier molecular flexibility index (Phi) is 8.46. The number of sulfone groups is 1. The van der Waals surface area contributed by atoms with E-state index >= 15 is 0 Å². The maximum atomic E-state index is 13.4. The number of hydrogen-bond acceptors (Lipinski definition) is 4. The molecule has 2 aromatic rings. The minimum absolute atomic E-state index is 0.0882. The van der Waals surface area contributed by atoms with Gasteiger partial charge < -0.3 is 0 Å². The Bertz CT molecular complexity index is 1270. The van der Waals surface area contributed by atoms with Gasteiger partial charge in [0.25, 0.3) is 0 Å². The second-order valence-electron chi connectivity index (χ2n) is 8.31. The lowest BCUT2D eigenvalue weighted by atomic mass is 10.2. The minimum Gasteiger partial charge on any atom is -0.218 e. The molecule has 0 aliphatic carbocycles. The summed E-state index contributed by atoms with van der Waals surface area (Å²) < 4.78 is 54.4. The summed E-state index contributed by atoms with van der Waals surface area (Å²) in [4.78, 5) is 0.0525. The van der Waals surface area contributed by atoms with Gasteiger partial charge in [-0.1, -0.05) is 61.5 Å². The summed E-state index contributed by atoms with van der Waals surface area (Å²) in [6, 6.07) is 14.4. The van der Waals surface area contributed by atoms with E-state index in [1.807, 2.05) is 6.92 Å². The average Bonchev–Trinajstić information content (AvgIpc) is 2.72. The first kappa shape index (κ1) is 25.9. The van der Waals surface area contributed by atoms with Crippen molar-refractivity contribution in [2.24, 2.45) is 0 Å². The van der Waals surface area contributed by atoms with Crippen molar-refractivity contribution in [2.75, 3.05) is 13.1 Å². The fraction of sp³-hybridized carbons (Fsp3) is 0.292. The van der Waals surface area contributed by atoms with Gasteiger partial charge in [0.05, 0.1) is 22.9 Å². The van der Waals surface area contributed by atoms with Gasteiger partial charge in [-0.15, -0.1) is 11.3 Å². The van der Waals surface area contributed by atoms with Gasteiger partial charge in [0, 0.05) is 0 Å². The molecule has 0 saturated heterocycles. The SMILES string of the molecule is CC=C=C(CN(CC#C[Si](C)(C)C)S(=O)(=O)c1ccc(C)cc1)S(=O)(=O)c1ccccc1. The molecule has 0 bridgehead atoms. The monoisotopic (exact) mass is 487 g/mol. The van der Waals surface area contributed by atoms with Crippen LogP contribution >= 0.6 is 0 Å². The summed E-state index contributed by atoms with van der Waals surface area (Å²) in [6.07, 6.45) is 1.47. The van der Waals surface area contributed by atoms with E-state index in [0.717, 1.165) is 9.87 Å². The molecule has 32 heavy (non-hydrogen) atoms. The summed E-state index contributed by atoms with van der Waals surface area (Å²) in [5.74, 6) is 2.96. The number of hydrogen-bond donors (Lipinski definition) is 0. The van der Waals surface area contributed by atoms with E-state index < -0.39 is 27.9 Å². The van der Waals surface area contributed by atoms with Gasteiger partial charge in [-0.3, -0.25) is 0 Å². The summed E-state index contributed by atoms with van der Waals surface area (Å²) in [7, 11) is -9.66. The quantitative estimate of drug-likeness (QED) is 0.330. The number of rotatable bonds is 7. The fourth-order valence-electron chi connectivity index (χ4n) is 2.75. The summed E-state index contributed by atoms with van der Waals surface area (Å²) >= 11 is 0. The normalized spacial score (nSPS) is 11.9. The van der Waals surface area contributed by atoms with Gasteiger partial charge in [0.15, 0.2) is 0 Å². The highest BCUT2D eigenvalue weighted by atomic mass is 32.2. The molecule has 0 radical (unpaired) electrons. The molecule has 0 atom stereocenters. The third-order valence-corrected chi connectivity index (χ3v) is 8.90. The topological polar surface area (TPSA) is 71.5 Å². The van der Waals surface area contributed by atoms with Crippen LogP contribution in [0.1, 0.15) is 12.5 Å². The highest BCUT2D eigenvalue weighted by Gasteiger charge is 2.30. The molecule has 0 saturated carbocycles. The van der Waals surface area contributed by atoms with Crippen LogP contribution in [-0.4, -0.2) is 42.3 Å². The van der Waals surface area contributed by atoms with Gasteiger partial charge in [0.2, 0.25) is 19.9 Å². The van der Waals surface area contributed by atoms with E-state index in [4.69, 9.17) is 0 Å². The van der Waals surface area contributed by atoms with Crippen molar-refractivity contribution in [3.8, 4) is 11.5 Å². The highest BCUT2D eigenvalue weighted by Crippen LogP contribution is 2.23. The van der Waals surface area contributed by atoms with Crippen molar-refractivity contribution < 1.29 is 16.8 Å². The van der Waals surface area contributed by atoms with Crippen LogP contribution in [0, 0.1) is 18.4 Å².